The van der Waals surface area contributed by atoms with Crippen molar-refractivity contribution >= 4 is 0 Å². The second kappa shape index (κ2) is 5.85. The van der Waals surface area contributed by atoms with Crippen LogP contribution < -0.4 is 10.1 Å². The van der Waals surface area contributed by atoms with Crippen LogP contribution in [-0.4, -0.2) is 19.1 Å². The first-order valence-electron chi connectivity index (χ1n) is 6.40. The number of nitrogens with one attached hydrogen (secondary N) is 1. The van der Waals surface area contributed by atoms with Gasteiger partial charge in [-0.05, 0) is 55.8 Å². The summed E-state index contributed by atoms with van der Waals surface area (Å²) in [5.41, 5.74) is 4.60. The summed E-state index contributed by atoms with van der Waals surface area (Å²) in [7, 11) is 3.66. The fourth-order valence-corrected chi connectivity index (χ4v) is 2.35. The van der Waals surface area contributed by atoms with Crippen LogP contribution in [0.5, 0.6) is 5.75 Å². The molecule has 1 heterocycles. The van der Waals surface area contributed by atoms with Gasteiger partial charge in [0, 0.05) is 6.20 Å². The smallest absolute Gasteiger partial charge is 0.122 e. The molecular formula is C16H20N2O. The Hall–Kier alpha value is -1.87. The van der Waals surface area contributed by atoms with Crippen LogP contribution >= 0.6 is 0 Å². The van der Waals surface area contributed by atoms with Crippen molar-refractivity contribution in [2.24, 2.45) is 0 Å². The van der Waals surface area contributed by atoms with Crippen molar-refractivity contribution < 1.29 is 4.74 Å². The van der Waals surface area contributed by atoms with Crippen LogP contribution in [-0.2, 0) is 0 Å². The van der Waals surface area contributed by atoms with Crippen LogP contribution in [0, 0.1) is 13.8 Å². The zero-order valence-corrected chi connectivity index (χ0v) is 11.9. The van der Waals surface area contributed by atoms with Gasteiger partial charge >= 0.3 is 0 Å². The van der Waals surface area contributed by atoms with Gasteiger partial charge in [-0.1, -0.05) is 12.1 Å². The highest BCUT2D eigenvalue weighted by Crippen LogP contribution is 2.29. The van der Waals surface area contributed by atoms with Crippen LogP contribution in [0.15, 0.2) is 36.5 Å². The quantitative estimate of drug-likeness (QED) is 0.913. The first kappa shape index (κ1) is 13.6. The summed E-state index contributed by atoms with van der Waals surface area (Å²) >= 11 is 0. The molecule has 2 aromatic rings. The first-order chi connectivity index (χ1) is 9.17. The minimum absolute atomic E-state index is 0.103. The first-order valence-corrected chi connectivity index (χ1v) is 6.40. The monoisotopic (exact) mass is 256 g/mol. The van der Waals surface area contributed by atoms with Gasteiger partial charge in [0.1, 0.15) is 5.75 Å². The minimum atomic E-state index is 0.103. The number of benzene rings is 1. The van der Waals surface area contributed by atoms with Crippen LogP contribution in [0.1, 0.15) is 28.4 Å². The molecule has 1 atom stereocenters. The number of nitrogens with zero attached hydrogens (tertiary/aromatic N) is 1. The minimum Gasteiger partial charge on any atom is -0.496 e. The maximum absolute atomic E-state index is 5.36. The lowest BCUT2D eigenvalue weighted by Gasteiger charge is -2.20. The number of hydrogen-bond acceptors (Lipinski definition) is 3. The molecule has 0 radical (unpaired) electrons. The molecule has 100 valence electrons. The van der Waals surface area contributed by atoms with Crippen LogP contribution in [0.2, 0.25) is 0 Å². The molecule has 1 aromatic carbocycles. The van der Waals surface area contributed by atoms with Crippen molar-refractivity contribution in [2.45, 2.75) is 19.9 Å². The van der Waals surface area contributed by atoms with E-state index in [0.29, 0.717) is 0 Å². The highest BCUT2D eigenvalue weighted by Gasteiger charge is 2.16. The summed E-state index contributed by atoms with van der Waals surface area (Å²) in [6.07, 6.45) is 1.82. The summed E-state index contributed by atoms with van der Waals surface area (Å²) in [5.74, 6) is 0.928. The zero-order valence-electron chi connectivity index (χ0n) is 11.9. The van der Waals surface area contributed by atoms with Crippen molar-refractivity contribution in [3.63, 3.8) is 0 Å². The molecule has 0 bridgehead atoms. The molecule has 0 saturated heterocycles. The Morgan fingerprint density at radius 1 is 1.16 bits per heavy atom. The molecule has 0 saturated carbocycles. The molecule has 2 rings (SSSR count). The Kier molecular flexibility index (Phi) is 4.17. The summed E-state index contributed by atoms with van der Waals surface area (Å²) in [4.78, 5) is 4.45. The Morgan fingerprint density at radius 2 is 1.95 bits per heavy atom. The molecule has 0 spiro atoms. The van der Waals surface area contributed by atoms with Crippen molar-refractivity contribution in [1.29, 1.82) is 0 Å². The van der Waals surface area contributed by atoms with Crippen molar-refractivity contribution in [3.05, 3.63) is 58.9 Å². The van der Waals surface area contributed by atoms with E-state index in [1.807, 2.05) is 31.4 Å². The third-order valence-electron chi connectivity index (χ3n) is 3.37. The van der Waals surface area contributed by atoms with E-state index in [2.05, 4.69) is 36.3 Å². The van der Waals surface area contributed by atoms with Gasteiger partial charge in [0.15, 0.2) is 0 Å². The molecule has 19 heavy (non-hydrogen) atoms. The number of rotatable bonds is 4. The predicted molar refractivity (Wildman–Crippen MR) is 77.6 cm³/mol. The molecule has 1 aromatic heterocycles. The third-order valence-corrected chi connectivity index (χ3v) is 3.37. The Balaban J connectivity index is 2.47. The van der Waals surface area contributed by atoms with Gasteiger partial charge in [0.05, 0.1) is 18.8 Å². The van der Waals surface area contributed by atoms with Crippen molar-refractivity contribution in [2.75, 3.05) is 14.2 Å². The second-order valence-corrected chi connectivity index (χ2v) is 4.65. The Bertz CT molecular complexity index is 552. The molecule has 0 aliphatic heterocycles. The average Bonchev–Trinajstić information content (AvgIpc) is 2.44. The van der Waals surface area contributed by atoms with E-state index in [4.69, 9.17) is 4.74 Å². The van der Waals surface area contributed by atoms with E-state index in [-0.39, 0.29) is 6.04 Å². The predicted octanol–water partition coefficient (Wildman–Crippen LogP) is 3.02. The van der Waals surface area contributed by atoms with Gasteiger partial charge in [-0.15, -0.1) is 0 Å². The second-order valence-electron chi connectivity index (χ2n) is 4.65. The summed E-state index contributed by atoms with van der Waals surface area (Å²) in [6.45, 7) is 4.16. The van der Waals surface area contributed by atoms with Gasteiger partial charge < -0.3 is 10.1 Å². The number of aromatic nitrogens is 1. The number of pyridine rings is 1. The summed E-state index contributed by atoms with van der Waals surface area (Å²) in [5, 5.41) is 3.34. The fourth-order valence-electron chi connectivity index (χ4n) is 2.35. The van der Waals surface area contributed by atoms with Crippen LogP contribution in [0.3, 0.4) is 0 Å². The van der Waals surface area contributed by atoms with E-state index >= 15 is 0 Å². The number of aryl methyl sites for hydroxylation is 2. The van der Waals surface area contributed by atoms with E-state index in [0.717, 1.165) is 17.0 Å². The van der Waals surface area contributed by atoms with E-state index in [1.54, 1.807) is 7.11 Å². The number of ether oxygens (including phenoxy) is 1. The largest absolute Gasteiger partial charge is 0.496 e. The highest BCUT2D eigenvalue weighted by atomic mass is 16.5. The lowest BCUT2D eigenvalue weighted by Crippen LogP contribution is -2.20. The number of methoxy groups -OCH3 is 1. The van der Waals surface area contributed by atoms with Crippen molar-refractivity contribution in [1.82, 2.24) is 10.3 Å². The fraction of sp³-hybridized carbons (Fsp3) is 0.312. The van der Waals surface area contributed by atoms with Crippen molar-refractivity contribution in [3.8, 4) is 5.75 Å². The van der Waals surface area contributed by atoms with Gasteiger partial charge in [0.2, 0.25) is 0 Å². The molecule has 3 heteroatoms. The van der Waals surface area contributed by atoms with Gasteiger partial charge in [-0.25, -0.2) is 0 Å². The molecule has 0 amide bonds. The zero-order chi connectivity index (χ0) is 13.8. The molecule has 1 unspecified atom stereocenters. The van der Waals surface area contributed by atoms with E-state index in [1.165, 1.54) is 11.1 Å². The van der Waals surface area contributed by atoms with Crippen LogP contribution in [0.25, 0.3) is 0 Å². The van der Waals surface area contributed by atoms with Crippen LogP contribution in [0.4, 0.5) is 0 Å². The van der Waals surface area contributed by atoms with Gasteiger partial charge in [-0.2, -0.15) is 0 Å². The maximum atomic E-state index is 5.36. The molecular weight excluding hydrogens is 236 g/mol. The molecule has 1 N–H and O–H groups in total. The topological polar surface area (TPSA) is 34.2 Å². The SMILES string of the molecule is CNC(c1ccccn1)c1cc(C)c(OC)cc1C. The lowest BCUT2D eigenvalue weighted by molar-refractivity contribution is 0.411. The Labute approximate surface area is 114 Å². The molecule has 0 aliphatic carbocycles. The van der Waals surface area contributed by atoms with Gasteiger partial charge in [-0.3, -0.25) is 4.98 Å². The Morgan fingerprint density at radius 3 is 2.53 bits per heavy atom. The van der Waals surface area contributed by atoms with E-state index in [9.17, 15) is 0 Å². The summed E-state index contributed by atoms with van der Waals surface area (Å²) < 4.78 is 5.36. The van der Waals surface area contributed by atoms with Gasteiger partial charge in [0.25, 0.3) is 0 Å². The highest BCUT2D eigenvalue weighted by molar-refractivity contribution is 5.44. The van der Waals surface area contributed by atoms with E-state index < -0.39 is 0 Å². The average molecular weight is 256 g/mol. The maximum Gasteiger partial charge on any atom is 0.122 e. The third kappa shape index (κ3) is 2.76. The number of hydrogen-bond donors (Lipinski definition) is 1. The molecule has 0 aliphatic rings. The molecule has 0 fully saturated rings. The normalized spacial score (nSPS) is 12.2. The molecule has 3 nitrogen and oxygen atoms in total. The lowest BCUT2D eigenvalue weighted by atomic mass is 9.96. The summed E-state index contributed by atoms with van der Waals surface area (Å²) in [6, 6.07) is 10.3. The standard InChI is InChI=1S/C16H20N2O/c1-11-10-15(19-4)12(2)9-13(11)16(17-3)14-7-5-6-8-18-14/h5-10,16-17H,1-4H3.